The Morgan fingerprint density at radius 2 is 2.20 bits per heavy atom. The maximum absolute atomic E-state index is 11.5. The van der Waals surface area contributed by atoms with Gasteiger partial charge in [-0.3, -0.25) is 0 Å². The summed E-state index contributed by atoms with van der Waals surface area (Å²) in [4.78, 5) is 13.5. The van der Waals surface area contributed by atoms with Gasteiger partial charge in [0.15, 0.2) is 0 Å². The molecule has 4 heteroatoms. The lowest BCUT2D eigenvalue weighted by molar-refractivity contribution is -0.138. The molecule has 20 heavy (non-hydrogen) atoms. The van der Waals surface area contributed by atoms with E-state index in [0.29, 0.717) is 13.0 Å². The highest BCUT2D eigenvalue weighted by molar-refractivity contribution is 5.80. The van der Waals surface area contributed by atoms with E-state index >= 15 is 0 Å². The summed E-state index contributed by atoms with van der Waals surface area (Å²) in [6, 6.07) is 5.60. The Kier molecular flexibility index (Phi) is 4.53. The largest absolute Gasteiger partial charge is 0.486 e. The van der Waals surface area contributed by atoms with E-state index in [1.54, 1.807) is 0 Å². The number of aliphatic carboxylic acids is 1. The minimum absolute atomic E-state index is 0.0587. The quantitative estimate of drug-likeness (QED) is 0.898. The summed E-state index contributed by atoms with van der Waals surface area (Å²) in [6.07, 6.45) is 2.45. The molecule has 2 unspecified atom stereocenters. The minimum Gasteiger partial charge on any atom is -0.486 e. The molecule has 0 saturated carbocycles. The van der Waals surface area contributed by atoms with Crippen LogP contribution in [0.4, 0.5) is 5.69 Å². The van der Waals surface area contributed by atoms with Crippen LogP contribution in [0, 0.1) is 0 Å². The van der Waals surface area contributed by atoms with Crippen LogP contribution in [0.2, 0.25) is 0 Å². The highest BCUT2D eigenvalue weighted by atomic mass is 16.5. The second-order valence-corrected chi connectivity index (χ2v) is 5.22. The van der Waals surface area contributed by atoms with Gasteiger partial charge in [0.05, 0.1) is 12.2 Å². The number of ether oxygens (including phenoxy) is 1. The first kappa shape index (κ1) is 14.7. The molecule has 4 nitrogen and oxygen atoms in total. The van der Waals surface area contributed by atoms with Crippen LogP contribution in [0.5, 0.6) is 5.75 Å². The molecule has 1 aliphatic heterocycles. The Labute approximate surface area is 120 Å². The fourth-order valence-electron chi connectivity index (χ4n) is 2.68. The molecule has 0 radical (unpaired) electrons. The minimum atomic E-state index is -0.767. The first-order valence-electron chi connectivity index (χ1n) is 7.39. The number of fused-ring (bicyclic) bond motifs is 1. The second-order valence-electron chi connectivity index (χ2n) is 5.22. The van der Waals surface area contributed by atoms with E-state index in [-0.39, 0.29) is 6.10 Å². The first-order chi connectivity index (χ1) is 9.60. The molecule has 0 aliphatic carbocycles. The monoisotopic (exact) mass is 277 g/mol. The van der Waals surface area contributed by atoms with Crippen molar-refractivity contribution < 1.29 is 14.6 Å². The summed E-state index contributed by atoms with van der Waals surface area (Å²) in [6.45, 7) is 6.72. The molecule has 1 aliphatic rings. The van der Waals surface area contributed by atoms with Crippen LogP contribution in [0.1, 0.15) is 39.2 Å². The normalized spacial score (nSPS) is 19.1. The van der Waals surface area contributed by atoms with Gasteiger partial charge in [-0.1, -0.05) is 26.8 Å². The van der Waals surface area contributed by atoms with E-state index in [9.17, 15) is 9.90 Å². The number of anilines is 1. The Hall–Kier alpha value is -1.71. The second kappa shape index (κ2) is 6.16. The fourth-order valence-corrected chi connectivity index (χ4v) is 2.68. The van der Waals surface area contributed by atoms with Crippen LogP contribution in [-0.4, -0.2) is 29.8 Å². The standard InChI is InChI=1S/C16H23NO3/c1-4-11-7-8-15-14(9-11)17(10-12(5-2)20-15)13(6-3)16(18)19/h7-9,12-13H,4-6,10H2,1-3H3,(H,18,19). The summed E-state index contributed by atoms with van der Waals surface area (Å²) in [5, 5.41) is 9.45. The number of benzene rings is 1. The third kappa shape index (κ3) is 2.74. The summed E-state index contributed by atoms with van der Waals surface area (Å²) in [7, 11) is 0. The molecule has 1 aromatic rings. The van der Waals surface area contributed by atoms with Crippen molar-refractivity contribution in [3.05, 3.63) is 23.8 Å². The molecule has 0 bridgehead atoms. The molecule has 1 aromatic carbocycles. The van der Waals surface area contributed by atoms with Crippen molar-refractivity contribution in [2.45, 2.75) is 52.2 Å². The lowest BCUT2D eigenvalue weighted by atomic mass is 10.0. The maximum Gasteiger partial charge on any atom is 0.326 e. The van der Waals surface area contributed by atoms with Gasteiger partial charge in [0.1, 0.15) is 17.9 Å². The van der Waals surface area contributed by atoms with E-state index in [4.69, 9.17) is 4.74 Å². The van der Waals surface area contributed by atoms with Gasteiger partial charge in [-0.2, -0.15) is 0 Å². The molecule has 110 valence electrons. The summed E-state index contributed by atoms with van der Waals surface area (Å²) >= 11 is 0. The average Bonchev–Trinajstić information content (AvgIpc) is 2.46. The fraction of sp³-hybridized carbons (Fsp3) is 0.562. The van der Waals surface area contributed by atoms with Crippen LogP contribution < -0.4 is 9.64 Å². The molecule has 2 rings (SSSR count). The number of carbonyl (C=O) groups is 1. The van der Waals surface area contributed by atoms with Gasteiger partial charge in [-0.25, -0.2) is 4.79 Å². The third-order valence-electron chi connectivity index (χ3n) is 3.94. The highest BCUT2D eigenvalue weighted by Crippen LogP contribution is 2.36. The van der Waals surface area contributed by atoms with E-state index < -0.39 is 12.0 Å². The first-order valence-corrected chi connectivity index (χ1v) is 7.39. The summed E-state index contributed by atoms with van der Waals surface area (Å²) in [5.41, 5.74) is 2.12. The van der Waals surface area contributed by atoms with E-state index in [0.717, 1.165) is 24.3 Å². The smallest absolute Gasteiger partial charge is 0.326 e. The zero-order chi connectivity index (χ0) is 14.7. The van der Waals surface area contributed by atoms with Gasteiger partial charge in [0.2, 0.25) is 0 Å². The van der Waals surface area contributed by atoms with Gasteiger partial charge in [0, 0.05) is 0 Å². The zero-order valence-electron chi connectivity index (χ0n) is 12.4. The Bertz CT molecular complexity index is 487. The molecular weight excluding hydrogens is 254 g/mol. The number of rotatable bonds is 5. The number of aryl methyl sites for hydroxylation is 1. The van der Waals surface area contributed by atoms with Gasteiger partial charge in [-0.05, 0) is 37.0 Å². The van der Waals surface area contributed by atoms with Gasteiger partial charge >= 0.3 is 5.97 Å². The topological polar surface area (TPSA) is 49.8 Å². The number of nitrogens with zero attached hydrogens (tertiary/aromatic N) is 1. The average molecular weight is 277 g/mol. The van der Waals surface area contributed by atoms with Gasteiger partial charge in [0.25, 0.3) is 0 Å². The van der Waals surface area contributed by atoms with Crippen molar-refractivity contribution in [3.63, 3.8) is 0 Å². The van der Waals surface area contributed by atoms with Gasteiger partial charge in [-0.15, -0.1) is 0 Å². The van der Waals surface area contributed by atoms with E-state index in [1.807, 2.05) is 17.9 Å². The number of carboxylic acids is 1. The lowest BCUT2D eigenvalue weighted by Crippen LogP contribution is -2.48. The van der Waals surface area contributed by atoms with Crippen LogP contribution in [0.15, 0.2) is 18.2 Å². The van der Waals surface area contributed by atoms with Gasteiger partial charge < -0.3 is 14.7 Å². The van der Waals surface area contributed by atoms with Crippen LogP contribution >= 0.6 is 0 Å². The third-order valence-corrected chi connectivity index (χ3v) is 3.94. The molecule has 0 fully saturated rings. The Morgan fingerprint density at radius 3 is 2.75 bits per heavy atom. The Balaban J connectivity index is 2.43. The zero-order valence-corrected chi connectivity index (χ0v) is 12.4. The number of carboxylic acid groups (broad SMARTS) is 1. The highest BCUT2D eigenvalue weighted by Gasteiger charge is 2.32. The summed E-state index contributed by atoms with van der Waals surface area (Å²) < 4.78 is 5.95. The lowest BCUT2D eigenvalue weighted by Gasteiger charge is -2.39. The molecule has 0 amide bonds. The molecule has 1 N–H and O–H groups in total. The predicted octanol–water partition coefficient (Wildman–Crippen LogP) is 3.09. The Morgan fingerprint density at radius 1 is 1.45 bits per heavy atom. The predicted molar refractivity (Wildman–Crippen MR) is 79.6 cm³/mol. The van der Waals surface area contributed by atoms with Crippen molar-refractivity contribution >= 4 is 11.7 Å². The van der Waals surface area contributed by atoms with Crippen molar-refractivity contribution in [2.24, 2.45) is 0 Å². The van der Waals surface area contributed by atoms with Crippen molar-refractivity contribution in [3.8, 4) is 5.75 Å². The van der Waals surface area contributed by atoms with Crippen molar-refractivity contribution in [2.75, 3.05) is 11.4 Å². The van der Waals surface area contributed by atoms with Crippen molar-refractivity contribution in [1.82, 2.24) is 0 Å². The summed E-state index contributed by atoms with van der Waals surface area (Å²) in [5.74, 6) is 0.0390. The van der Waals surface area contributed by atoms with Crippen LogP contribution in [0.3, 0.4) is 0 Å². The molecule has 2 atom stereocenters. The SMILES string of the molecule is CCc1ccc2c(c1)N(C(CC)C(=O)O)CC(CC)O2. The number of hydrogen-bond acceptors (Lipinski definition) is 3. The van der Waals surface area contributed by atoms with Crippen molar-refractivity contribution in [1.29, 1.82) is 0 Å². The number of hydrogen-bond donors (Lipinski definition) is 1. The van der Waals surface area contributed by atoms with Crippen LogP contribution in [0.25, 0.3) is 0 Å². The van der Waals surface area contributed by atoms with Crippen LogP contribution in [-0.2, 0) is 11.2 Å². The van der Waals surface area contributed by atoms with E-state index in [2.05, 4.69) is 26.0 Å². The molecule has 1 heterocycles. The molecule has 0 saturated heterocycles. The molecular formula is C16H23NO3. The molecule has 0 spiro atoms. The maximum atomic E-state index is 11.5. The van der Waals surface area contributed by atoms with E-state index in [1.165, 1.54) is 5.56 Å². The molecule has 0 aromatic heterocycles.